The van der Waals surface area contributed by atoms with E-state index in [4.69, 9.17) is 4.42 Å². The molecule has 0 unspecified atom stereocenters. The predicted molar refractivity (Wildman–Crippen MR) is 101 cm³/mol. The Morgan fingerprint density at radius 1 is 1.19 bits per heavy atom. The van der Waals surface area contributed by atoms with Gasteiger partial charge in [0.25, 0.3) is 11.8 Å². The molecule has 0 aliphatic rings. The van der Waals surface area contributed by atoms with E-state index >= 15 is 0 Å². The zero-order valence-corrected chi connectivity index (χ0v) is 15.4. The molecule has 0 saturated carbocycles. The number of thiazole rings is 1. The summed E-state index contributed by atoms with van der Waals surface area (Å²) in [6.07, 6.45) is 2.27. The van der Waals surface area contributed by atoms with Gasteiger partial charge in [0.1, 0.15) is 4.88 Å². The van der Waals surface area contributed by atoms with Crippen LogP contribution in [0, 0.1) is 6.92 Å². The van der Waals surface area contributed by atoms with Gasteiger partial charge in [0.15, 0.2) is 5.76 Å². The molecule has 2 amide bonds. The van der Waals surface area contributed by atoms with Crippen molar-refractivity contribution in [1.29, 1.82) is 0 Å². The molecule has 0 aliphatic heterocycles. The third-order valence-electron chi connectivity index (χ3n) is 3.73. The fraction of sp³-hybridized carbons (Fsp3) is 0.211. The van der Waals surface area contributed by atoms with Gasteiger partial charge in [0.2, 0.25) is 0 Å². The summed E-state index contributed by atoms with van der Waals surface area (Å²) in [6.45, 7) is 4.22. The van der Waals surface area contributed by atoms with Crippen LogP contribution in [0.3, 0.4) is 0 Å². The van der Waals surface area contributed by atoms with Crippen LogP contribution in [0.4, 0.5) is 5.69 Å². The van der Waals surface area contributed by atoms with Crippen molar-refractivity contribution in [2.24, 2.45) is 0 Å². The van der Waals surface area contributed by atoms with E-state index in [9.17, 15) is 9.59 Å². The van der Waals surface area contributed by atoms with Crippen molar-refractivity contribution in [3.05, 3.63) is 69.6 Å². The number of aromatic nitrogens is 1. The summed E-state index contributed by atoms with van der Waals surface area (Å²) in [6, 6.07) is 10.6. The molecule has 1 aromatic carbocycles. The lowest BCUT2D eigenvalue weighted by Gasteiger charge is -2.08. The maximum Gasteiger partial charge on any atom is 0.291 e. The molecule has 2 aromatic heterocycles. The number of hydrogen-bond donors (Lipinski definition) is 2. The van der Waals surface area contributed by atoms with Crippen LogP contribution in [-0.4, -0.2) is 16.8 Å². The van der Waals surface area contributed by atoms with Crippen LogP contribution in [0.25, 0.3) is 0 Å². The lowest BCUT2D eigenvalue weighted by atomic mass is 10.2. The highest BCUT2D eigenvalue weighted by atomic mass is 32.1. The second-order valence-corrected chi connectivity index (χ2v) is 6.77. The molecule has 0 bridgehead atoms. The monoisotopic (exact) mass is 369 g/mol. The molecule has 2 heterocycles. The number of hydrogen-bond acceptors (Lipinski definition) is 5. The topological polar surface area (TPSA) is 84.2 Å². The van der Waals surface area contributed by atoms with E-state index in [0.717, 1.165) is 22.7 Å². The van der Waals surface area contributed by atoms with Gasteiger partial charge in [-0.1, -0.05) is 19.1 Å². The highest BCUT2D eigenvalue weighted by Crippen LogP contribution is 2.19. The van der Waals surface area contributed by atoms with E-state index in [0.29, 0.717) is 17.1 Å². The van der Waals surface area contributed by atoms with E-state index < -0.39 is 0 Å². The van der Waals surface area contributed by atoms with Crippen LogP contribution in [-0.2, 0) is 13.0 Å². The molecule has 7 heteroatoms. The van der Waals surface area contributed by atoms with E-state index in [-0.39, 0.29) is 17.6 Å². The van der Waals surface area contributed by atoms with Gasteiger partial charge in [0.05, 0.1) is 17.0 Å². The molecule has 26 heavy (non-hydrogen) atoms. The number of rotatable bonds is 6. The van der Waals surface area contributed by atoms with Gasteiger partial charge < -0.3 is 15.1 Å². The predicted octanol–water partition coefficient (Wildman–Crippen LogP) is 3.79. The second-order valence-electron chi connectivity index (χ2n) is 5.69. The standard InChI is InChI=1S/C19H19N3O3S/c1-3-16-21-12(2)17(26-16)19(24)20-11-13-6-4-7-14(10-13)22-18(23)15-8-5-9-25-15/h4-10H,3,11H2,1-2H3,(H,20,24)(H,22,23). The van der Waals surface area contributed by atoms with E-state index in [1.807, 2.05) is 32.0 Å². The van der Waals surface area contributed by atoms with Crippen molar-refractivity contribution in [3.8, 4) is 0 Å². The number of nitrogens with one attached hydrogen (secondary N) is 2. The molecule has 134 valence electrons. The number of anilines is 1. The summed E-state index contributed by atoms with van der Waals surface area (Å²) >= 11 is 1.42. The average molecular weight is 369 g/mol. The molecule has 0 spiro atoms. The summed E-state index contributed by atoms with van der Waals surface area (Å²) in [5.41, 5.74) is 2.28. The Labute approximate surface area is 155 Å². The Morgan fingerprint density at radius 3 is 2.73 bits per heavy atom. The van der Waals surface area contributed by atoms with Crippen LogP contribution in [0.5, 0.6) is 0 Å². The molecule has 0 fully saturated rings. The van der Waals surface area contributed by atoms with Gasteiger partial charge in [-0.3, -0.25) is 9.59 Å². The third kappa shape index (κ3) is 4.18. The zero-order valence-electron chi connectivity index (χ0n) is 14.5. The molecule has 3 rings (SSSR count). The normalized spacial score (nSPS) is 10.5. The van der Waals surface area contributed by atoms with Crippen LogP contribution < -0.4 is 10.6 Å². The molecule has 6 nitrogen and oxygen atoms in total. The molecule has 0 saturated heterocycles. The summed E-state index contributed by atoms with van der Waals surface area (Å²) in [5, 5.41) is 6.63. The minimum absolute atomic E-state index is 0.135. The van der Waals surface area contributed by atoms with Gasteiger partial charge >= 0.3 is 0 Å². The second kappa shape index (κ2) is 7.97. The van der Waals surface area contributed by atoms with Crippen molar-refractivity contribution in [2.75, 3.05) is 5.32 Å². The number of carbonyl (C=O) groups excluding carboxylic acids is 2. The Kier molecular flexibility index (Phi) is 5.48. The molecule has 2 N–H and O–H groups in total. The van der Waals surface area contributed by atoms with Gasteiger partial charge in [-0.15, -0.1) is 11.3 Å². The Hall–Kier alpha value is -2.93. The molecule has 0 radical (unpaired) electrons. The van der Waals surface area contributed by atoms with Gasteiger partial charge in [-0.2, -0.15) is 0 Å². The summed E-state index contributed by atoms with van der Waals surface area (Å²) in [5.74, 6) is -0.204. The van der Waals surface area contributed by atoms with Gasteiger partial charge in [0, 0.05) is 12.2 Å². The summed E-state index contributed by atoms with van der Waals surface area (Å²) in [7, 11) is 0. The number of amides is 2. The van der Waals surface area contributed by atoms with Crippen molar-refractivity contribution in [3.63, 3.8) is 0 Å². The van der Waals surface area contributed by atoms with Crippen LogP contribution in [0.2, 0.25) is 0 Å². The van der Waals surface area contributed by atoms with Crippen molar-refractivity contribution in [1.82, 2.24) is 10.3 Å². The first-order valence-corrected chi connectivity index (χ1v) is 9.06. The van der Waals surface area contributed by atoms with Crippen molar-refractivity contribution in [2.45, 2.75) is 26.8 Å². The van der Waals surface area contributed by atoms with E-state index in [1.54, 1.807) is 18.2 Å². The lowest BCUT2D eigenvalue weighted by molar-refractivity contribution is 0.0952. The molecular weight excluding hydrogens is 350 g/mol. The first kappa shape index (κ1) is 17.9. The highest BCUT2D eigenvalue weighted by Gasteiger charge is 2.14. The Morgan fingerprint density at radius 2 is 2.04 bits per heavy atom. The molecule has 0 atom stereocenters. The largest absolute Gasteiger partial charge is 0.459 e. The van der Waals surface area contributed by atoms with E-state index in [1.165, 1.54) is 17.6 Å². The quantitative estimate of drug-likeness (QED) is 0.692. The highest BCUT2D eigenvalue weighted by molar-refractivity contribution is 7.13. The average Bonchev–Trinajstić information content (AvgIpc) is 3.29. The van der Waals surface area contributed by atoms with E-state index in [2.05, 4.69) is 15.6 Å². The number of benzene rings is 1. The lowest BCUT2D eigenvalue weighted by Crippen LogP contribution is -2.22. The number of carbonyl (C=O) groups is 2. The fourth-order valence-corrected chi connectivity index (χ4v) is 3.36. The number of aryl methyl sites for hydroxylation is 2. The maximum absolute atomic E-state index is 12.4. The van der Waals surface area contributed by atoms with Crippen molar-refractivity contribution < 1.29 is 14.0 Å². The van der Waals surface area contributed by atoms with Crippen molar-refractivity contribution >= 4 is 28.8 Å². The molecular formula is C19H19N3O3S. The van der Waals surface area contributed by atoms with Crippen LogP contribution in [0.15, 0.2) is 47.1 Å². The van der Waals surface area contributed by atoms with Gasteiger partial charge in [-0.25, -0.2) is 4.98 Å². The summed E-state index contributed by atoms with van der Waals surface area (Å²) < 4.78 is 5.07. The molecule has 0 aliphatic carbocycles. The minimum atomic E-state index is -0.316. The Bertz CT molecular complexity index is 916. The third-order valence-corrected chi connectivity index (χ3v) is 5.03. The Balaban J connectivity index is 1.62. The maximum atomic E-state index is 12.4. The minimum Gasteiger partial charge on any atom is -0.459 e. The first-order valence-electron chi connectivity index (χ1n) is 8.25. The number of furan rings is 1. The number of nitrogens with zero attached hydrogens (tertiary/aromatic N) is 1. The van der Waals surface area contributed by atoms with Gasteiger partial charge in [-0.05, 0) is 43.2 Å². The zero-order chi connectivity index (χ0) is 18.5. The smallest absolute Gasteiger partial charge is 0.291 e. The SMILES string of the molecule is CCc1nc(C)c(C(=O)NCc2cccc(NC(=O)c3ccco3)c2)s1. The fourth-order valence-electron chi connectivity index (χ4n) is 2.44. The van der Waals surface area contributed by atoms with Crippen LogP contribution in [0.1, 0.15) is 43.4 Å². The van der Waals surface area contributed by atoms with Crippen LogP contribution >= 0.6 is 11.3 Å². The molecule has 3 aromatic rings. The summed E-state index contributed by atoms with van der Waals surface area (Å²) in [4.78, 5) is 29.4. The first-order chi connectivity index (χ1) is 12.6.